The van der Waals surface area contributed by atoms with Gasteiger partial charge in [-0.1, -0.05) is 0 Å². The predicted molar refractivity (Wildman–Crippen MR) is 47.9 cm³/mol. The van der Waals surface area contributed by atoms with E-state index in [9.17, 15) is 0 Å². The SMILES string of the molecule is CN(c1ncncc1N)C1CC1. The Kier molecular flexibility index (Phi) is 1.60. The lowest BCUT2D eigenvalue weighted by molar-refractivity contribution is 0.888. The number of nitrogen functional groups attached to an aromatic ring is 1. The molecule has 0 amide bonds. The molecule has 2 rings (SSSR count). The van der Waals surface area contributed by atoms with Gasteiger partial charge >= 0.3 is 0 Å². The Balaban J connectivity index is 2.25. The molecule has 0 aliphatic heterocycles. The molecule has 0 spiro atoms. The van der Waals surface area contributed by atoms with Gasteiger partial charge in [0.05, 0.1) is 11.9 Å². The highest BCUT2D eigenvalue weighted by atomic mass is 15.2. The van der Waals surface area contributed by atoms with Crippen LogP contribution in [0.25, 0.3) is 0 Å². The van der Waals surface area contributed by atoms with Crippen molar-refractivity contribution < 1.29 is 0 Å². The maximum absolute atomic E-state index is 5.72. The van der Waals surface area contributed by atoms with E-state index in [1.807, 2.05) is 7.05 Å². The fraction of sp³-hybridized carbons (Fsp3) is 0.500. The van der Waals surface area contributed by atoms with Crippen LogP contribution in [0.4, 0.5) is 11.5 Å². The van der Waals surface area contributed by atoms with Crippen molar-refractivity contribution in [3.63, 3.8) is 0 Å². The zero-order chi connectivity index (χ0) is 8.55. The highest BCUT2D eigenvalue weighted by Gasteiger charge is 2.27. The summed E-state index contributed by atoms with van der Waals surface area (Å²) in [7, 11) is 2.02. The van der Waals surface area contributed by atoms with Crippen LogP contribution in [0.2, 0.25) is 0 Å². The average Bonchev–Trinajstić information content (AvgIpc) is 2.86. The minimum atomic E-state index is 0.641. The van der Waals surface area contributed by atoms with E-state index >= 15 is 0 Å². The standard InChI is InChI=1S/C8H12N4/c1-12(6-2-3-6)8-7(9)4-10-5-11-8/h4-6H,2-3,9H2,1H3. The Bertz CT molecular complexity index is 282. The van der Waals surface area contributed by atoms with Gasteiger partial charge in [-0.2, -0.15) is 0 Å². The summed E-state index contributed by atoms with van der Waals surface area (Å²) < 4.78 is 0. The van der Waals surface area contributed by atoms with Crippen molar-refractivity contribution in [1.29, 1.82) is 0 Å². The summed E-state index contributed by atoms with van der Waals surface area (Å²) in [4.78, 5) is 10.1. The first-order valence-electron chi connectivity index (χ1n) is 4.07. The molecule has 0 bridgehead atoms. The molecule has 0 unspecified atom stereocenters. The van der Waals surface area contributed by atoms with Gasteiger partial charge in [0.2, 0.25) is 0 Å². The zero-order valence-corrected chi connectivity index (χ0v) is 7.07. The van der Waals surface area contributed by atoms with Gasteiger partial charge in [0.15, 0.2) is 5.82 Å². The quantitative estimate of drug-likeness (QED) is 0.697. The number of hydrogen-bond donors (Lipinski definition) is 1. The number of nitrogens with two attached hydrogens (primary N) is 1. The molecule has 4 heteroatoms. The monoisotopic (exact) mass is 164 g/mol. The van der Waals surface area contributed by atoms with Gasteiger partial charge in [-0.05, 0) is 12.8 Å². The maximum Gasteiger partial charge on any atom is 0.155 e. The first-order chi connectivity index (χ1) is 5.79. The molecule has 1 aromatic heterocycles. The summed E-state index contributed by atoms with van der Waals surface area (Å²) >= 11 is 0. The summed E-state index contributed by atoms with van der Waals surface area (Å²) in [6, 6.07) is 0.641. The fourth-order valence-electron chi connectivity index (χ4n) is 1.26. The number of nitrogens with zero attached hydrogens (tertiary/aromatic N) is 3. The van der Waals surface area contributed by atoms with Crippen LogP contribution in [0.3, 0.4) is 0 Å². The molecule has 1 aliphatic rings. The molecule has 1 heterocycles. The molecular formula is C8H12N4. The fourth-order valence-corrected chi connectivity index (χ4v) is 1.26. The van der Waals surface area contributed by atoms with E-state index in [1.54, 1.807) is 6.20 Å². The van der Waals surface area contributed by atoms with Gasteiger partial charge in [-0.25, -0.2) is 9.97 Å². The van der Waals surface area contributed by atoms with E-state index in [-0.39, 0.29) is 0 Å². The minimum absolute atomic E-state index is 0.641. The van der Waals surface area contributed by atoms with Crippen molar-refractivity contribution in [2.24, 2.45) is 0 Å². The van der Waals surface area contributed by atoms with Gasteiger partial charge < -0.3 is 10.6 Å². The van der Waals surface area contributed by atoms with Gasteiger partial charge in [0.1, 0.15) is 6.33 Å². The van der Waals surface area contributed by atoms with Gasteiger partial charge in [-0.3, -0.25) is 0 Å². The predicted octanol–water partition coefficient (Wildman–Crippen LogP) is 0.657. The molecule has 0 atom stereocenters. The van der Waals surface area contributed by atoms with Gasteiger partial charge in [0, 0.05) is 13.1 Å². The number of aromatic nitrogens is 2. The van der Waals surface area contributed by atoms with Crippen molar-refractivity contribution in [2.75, 3.05) is 17.7 Å². The molecule has 1 fully saturated rings. The average molecular weight is 164 g/mol. The molecular weight excluding hydrogens is 152 g/mol. The second-order valence-corrected chi connectivity index (χ2v) is 3.14. The number of rotatable bonds is 2. The summed E-state index contributed by atoms with van der Waals surface area (Å²) in [5.41, 5.74) is 6.38. The third kappa shape index (κ3) is 1.20. The summed E-state index contributed by atoms with van der Waals surface area (Å²) in [5.74, 6) is 0.854. The van der Waals surface area contributed by atoms with Crippen LogP contribution in [-0.2, 0) is 0 Å². The van der Waals surface area contributed by atoms with Crippen LogP contribution in [0.5, 0.6) is 0 Å². The summed E-state index contributed by atoms with van der Waals surface area (Å²) in [5, 5.41) is 0. The molecule has 0 saturated heterocycles. The van der Waals surface area contributed by atoms with Crippen LogP contribution in [-0.4, -0.2) is 23.1 Å². The van der Waals surface area contributed by atoms with Gasteiger partial charge in [0.25, 0.3) is 0 Å². The van der Waals surface area contributed by atoms with E-state index in [4.69, 9.17) is 5.73 Å². The summed E-state index contributed by atoms with van der Waals surface area (Å²) in [6.07, 6.45) is 5.67. The zero-order valence-electron chi connectivity index (χ0n) is 7.07. The van der Waals surface area contributed by atoms with E-state index in [2.05, 4.69) is 14.9 Å². The van der Waals surface area contributed by atoms with Gasteiger partial charge in [-0.15, -0.1) is 0 Å². The molecule has 12 heavy (non-hydrogen) atoms. The van der Waals surface area contributed by atoms with Crippen LogP contribution in [0.15, 0.2) is 12.5 Å². The van der Waals surface area contributed by atoms with E-state index in [0.29, 0.717) is 11.7 Å². The smallest absolute Gasteiger partial charge is 0.155 e. The van der Waals surface area contributed by atoms with Crippen molar-refractivity contribution in [1.82, 2.24) is 9.97 Å². The molecule has 0 aromatic carbocycles. The maximum atomic E-state index is 5.72. The highest BCUT2D eigenvalue weighted by molar-refractivity contribution is 5.61. The molecule has 64 valence electrons. The second-order valence-electron chi connectivity index (χ2n) is 3.14. The Morgan fingerprint density at radius 1 is 1.58 bits per heavy atom. The lowest BCUT2D eigenvalue weighted by Gasteiger charge is -2.17. The molecule has 0 radical (unpaired) electrons. The van der Waals surface area contributed by atoms with E-state index < -0.39 is 0 Å². The molecule has 2 N–H and O–H groups in total. The van der Waals surface area contributed by atoms with Crippen molar-refractivity contribution in [3.05, 3.63) is 12.5 Å². The minimum Gasteiger partial charge on any atom is -0.394 e. The lowest BCUT2D eigenvalue weighted by Crippen LogP contribution is -2.21. The second kappa shape index (κ2) is 2.62. The number of hydrogen-bond acceptors (Lipinski definition) is 4. The highest BCUT2D eigenvalue weighted by Crippen LogP contribution is 2.30. The first-order valence-corrected chi connectivity index (χ1v) is 4.07. The van der Waals surface area contributed by atoms with E-state index in [1.165, 1.54) is 19.2 Å². The third-order valence-corrected chi connectivity index (χ3v) is 2.15. The Morgan fingerprint density at radius 2 is 2.33 bits per heavy atom. The van der Waals surface area contributed by atoms with Crippen LogP contribution < -0.4 is 10.6 Å². The molecule has 1 aromatic rings. The molecule has 1 aliphatic carbocycles. The van der Waals surface area contributed by atoms with Crippen molar-refractivity contribution in [3.8, 4) is 0 Å². The Labute approximate surface area is 71.4 Å². The molecule has 1 saturated carbocycles. The third-order valence-electron chi connectivity index (χ3n) is 2.15. The van der Waals surface area contributed by atoms with Crippen LogP contribution >= 0.6 is 0 Å². The summed E-state index contributed by atoms with van der Waals surface area (Å²) in [6.45, 7) is 0. The Morgan fingerprint density at radius 3 is 2.92 bits per heavy atom. The Hall–Kier alpha value is -1.32. The first kappa shape index (κ1) is 7.34. The largest absolute Gasteiger partial charge is 0.394 e. The number of anilines is 2. The molecule has 4 nitrogen and oxygen atoms in total. The van der Waals surface area contributed by atoms with Crippen molar-refractivity contribution in [2.45, 2.75) is 18.9 Å². The van der Waals surface area contributed by atoms with Crippen molar-refractivity contribution >= 4 is 11.5 Å². The van der Waals surface area contributed by atoms with Crippen LogP contribution in [0.1, 0.15) is 12.8 Å². The lowest BCUT2D eigenvalue weighted by atomic mass is 10.4. The van der Waals surface area contributed by atoms with E-state index in [0.717, 1.165) is 5.82 Å². The normalized spacial score (nSPS) is 16.1. The van der Waals surface area contributed by atoms with Crippen LogP contribution in [0, 0.1) is 0 Å². The topological polar surface area (TPSA) is 55.0 Å².